The SMILES string of the molecule is CCc1c(C#N)c(-c2ccc(Sc3ccccc3F)cc2)c(C(=O)OC(C)C)n1C. The van der Waals surface area contributed by atoms with Gasteiger partial charge in [0, 0.05) is 28.1 Å². The summed E-state index contributed by atoms with van der Waals surface area (Å²) in [5, 5.41) is 9.81. The standard InChI is InChI=1S/C24H23FN2O2S/c1-5-20-18(14-26)22(23(27(20)4)24(28)29-15(2)3)16-10-12-17(13-11-16)30-21-9-7-6-8-19(21)25/h6-13,15H,5H2,1-4H3. The third-order valence-electron chi connectivity index (χ3n) is 4.71. The van der Waals surface area contributed by atoms with Crippen molar-refractivity contribution in [1.82, 2.24) is 4.57 Å². The average molecular weight is 423 g/mol. The molecule has 0 aliphatic rings. The maximum Gasteiger partial charge on any atom is 0.355 e. The van der Waals surface area contributed by atoms with E-state index < -0.39 is 5.97 Å². The number of carbonyl (C=O) groups is 1. The fourth-order valence-electron chi connectivity index (χ4n) is 3.40. The van der Waals surface area contributed by atoms with Crippen molar-refractivity contribution in [3.8, 4) is 17.2 Å². The van der Waals surface area contributed by atoms with E-state index in [0.717, 1.165) is 16.2 Å². The molecule has 0 unspecified atom stereocenters. The molecule has 0 saturated heterocycles. The first-order valence-corrected chi connectivity index (χ1v) is 10.5. The minimum atomic E-state index is -0.455. The van der Waals surface area contributed by atoms with Crippen LogP contribution < -0.4 is 0 Å². The number of rotatable bonds is 6. The first-order chi connectivity index (χ1) is 14.4. The van der Waals surface area contributed by atoms with Crippen LogP contribution >= 0.6 is 11.8 Å². The average Bonchev–Trinajstić information content (AvgIpc) is 3.01. The minimum absolute atomic E-state index is 0.268. The predicted octanol–water partition coefficient (Wildman–Crippen LogP) is 5.98. The number of hydrogen-bond donors (Lipinski definition) is 0. The number of benzene rings is 2. The highest BCUT2D eigenvalue weighted by Gasteiger charge is 2.27. The fourth-order valence-corrected chi connectivity index (χ4v) is 4.24. The van der Waals surface area contributed by atoms with Crippen molar-refractivity contribution < 1.29 is 13.9 Å². The first-order valence-electron chi connectivity index (χ1n) is 9.72. The van der Waals surface area contributed by atoms with Gasteiger partial charge in [-0.05, 0) is 50.1 Å². The van der Waals surface area contributed by atoms with E-state index in [1.165, 1.54) is 17.8 Å². The van der Waals surface area contributed by atoms with Crippen LogP contribution in [0.3, 0.4) is 0 Å². The molecule has 3 rings (SSSR count). The highest BCUT2D eigenvalue weighted by molar-refractivity contribution is 7.99. The molecule has 4 nitrogen and oxygen atoms in total. The van der Waals surface area contributed by atoms with E-state index in [1.54, 1.807) is 43.7 Å². The summed E-state index contributed by atoms with van der Waals surface area (Å²) in [6.07, 6.45) is 0.346. The molecule has 0 aliphatic carbocycles. The van der Waals surface area contributed by atoms with Gasteiger partial charge in [0.25, 0.3) is 0 Å². The van der Waals surface area contributed by atoms with Gasteiger partial charge in [-0.15, -0.1) is 0 Å². The Kier molecular flexibility index (Phi) is 6.63. The van der Waals surface area contributed by atoms with E-state index in [1.807, 2.05) is 31.2 Å². The molecule has 1 aromatic heterocycles. The van der Waals surface area contributed by atoms with Crippen LogP contribution in [0.25, 0.3) is 11.1 Å². The molecule has 3 aromatic rings. The molecule has 0 saturated carbocycles. The molecular formula is C24H23FN2O2S. The lowest BCUT2D eigenvalue weighted by Gasteiger charge is -2.12. The van der Waals surface area contributed by atoms with Gasteiger partial charge in [-0.3, -0.25) is 0 Å². The molecule has 0 radical (unpaired) electrons. The third-order valence-corrected chi connectivity index (χ3v) is 5.76. The Morgan fingerprint density at radius 2 is 1.87 bits per heavy atom. The second-order valence-corrected chi connectivity index (χ2v) is 8.20. The second-order valence-electron chi connectivity index (χ2n) is 7.08. The Labute approximate surface area is 180 Å². The Bertz CT molecular complexity index is 1110. The number of hydrogen-bond acceptors (Lipinski definition) is 4. The van der Waals surface area contributed by atoms with Crippen LogP contribution in [-0.2, 0) is 18.2 Å². The number of esters is 1. The molecule has 0 atom stereocenters. The topological polar surface area (TPSA) is 55.0 Å². The molecule has 1 heterocycles. The van der Waals surface area contributed by atoms with Gasteiger partial charge in [0.2, 0.25) is 0 Å². The van der Waals surface area contributed by atoms with E-state index in [4.69, 9.17) is 4.74 Å². The van der Waals surface area contributed by atoms with Crippen molar-refractivity contribution in [3.05, 3.63) is 71.3 Å². The minimum Gasteiger partial charge on any atom is -0.458 e. The van der Waals surface area contributed by atoms with Crippen molar-refractivity contribution >= 4 is 17.7 Å². The number of ether oxygens (including phenoxy) is 1. The Balaban J connectivity index is 2.05. The zero-order chi connectivity index (χ0) is 21.8. The summed E-state index contributed by atoms with van der Waals surface area (Å²) in [5.74, 6) is -0.726. The van der Waals surface area contributed by atoms with Crippen molar-refractivity contribution in [2.24, 2.45) is 7.05 Å². The molecule has 0 fully saturated rings. The summed E-state index contributed by atoms with van der Waals surface area (Å²) in [6, 6.07) is 16.3. The lowest BCUT2D eigenvalue weighted by atomic mass is 10.00. The van der Waals surface area contributed by atoms with Gasteiger partial charge in [0.05, 0.1) is 11.7 Å². The monoisotopic (exact) mass is 422 g/mol. The molecule has 0 amide bonds. The lowest BCUT2D eigenvalue weighted by molar-refractivity contribution is 0.0367. The van der Waals surface area contributed by atoms with Crippen molar-refractivity contribution in [2.75, 3.05) is 0 Å². The molecular weight excluding hydrogens is 399 g/mol. The van der Waals surface area contributed by atoms with E-state index in [0.29, 0.717) is 28.1 Å². The highest BCUT2D eigenvalue weighted by Crippen LogP contribution is 2.36. The number of nitriles is 1. The van der Waals surface area contributed by atoms with Gasteiger partial charge in [-0.25, -0.2) is 9.18 Å². The molecule has 154 valence electrons. The van der Waals surface area contributed by atoms with Crippen LogP contribution in [0.4, 0.5) is 4.39 Å². The van der Waals surface area contributed by atoms with E-state index >= 15 is 0 Å². The summed E-state index contributed by atoms with van der Waals surface area (Å²) in [6.45, 7) is 5.54. The van der Waals surface area contributed by atoms with Crippen molar-refractivity contribution in [3.63, 3.8) is 0 Å². The van der Waals surface area contributed by atoms with E-state index in [9.17, 15) is 14.4 Å². The van der Waals surface area contributed by atoms with Crippen LogP contribution in [0.15, 0.2) is 58.3 Å². The molecule has 0 bridgehead atoms. The number of halogens is 1. The zero-order valence-electron chi connectivity index (χ0n) is 17.4. The van der Waals surface area contributed by atoms with Gasteiger partial charge >= 0.3 is 5.97 Å². The Morgan fingerprint density at radius 3 is 2.43 bits per heavy atom. The fraction of sp³-hybridized carbons (Fsp3) is 0.250. The third kappa shape index (κ3) is 4.27. The smallest absolute Gasteiger partial charge is 0.355 e. The molecule has 0 aliphatic heterocycles. The quantitative estimate of drug-likeness (QED) is 0.459. The van der Waals surface area contributed by atoms with Crippen molar-refractivity contribution in [1.29, 1.82) is 5.26 Å². The van der Waals surface area contributed by atoms with Crippen LogP contribution in [0, 0.1) is 17.1 Å². The van der Waals surface area contributed by atoms with E-state index in [-0.39, 0.29) is 11.9 Å². The largest absolute Gasteiger partial charge is 0.458 e. The van der Waals surface area contributed by atoms with Gasteiger partial charge in [0.15, 0.2) is 0 Å². The normalized spacial score (nSPS) is 10.8. The predicted molar refractivity (Wildman–Crippen MR) is 116 cm³/mol. The summed E-state index contributed by atoms with van der Waals surface area (Å²) < 4.78 is 21.1. The summed E-state index contributed by atoms with van der Waals surface area (Å²) >= 11 is 1.32. The number of nitrogens with zero attached hydrogens (tertiary/aromatic N) is 2. The van der Waals surface area contributed by atoms with E-state index in [2.05, 4.69) is 6.07 Å². The molecule has 2 aromatic carbocycles. The Morgan fingerprint density at radius 1 is 1.20 bits per heavy atom. The van der Waals surface area contributed by atoms with Crippen molar-refractivity contribution in [2.45, 2.75) is 43.1 Å². The molecule has 30 heavy (non-hydrogen) atoms. The second kappa shape index (κ2) is 9.19. The van der Waals surface area contributed by atoms with Gasteiger partial charge in [-0.2, -0.15) is 5.26 Å². The van der Waals surface area contributed by atoms with Gasteiger partial charge < -0.3 is 9.30 Å². The van der Waals surface area contributed by atoms with Crippen LogP contribution in [-0.4, -0.2) is 16.6 Å². The van der Waals surface area contributed by atoms with Crippen LogP contribution in [0.5, 0.6) is 0 Å². The summed E-state index contributed by atoms with van der Waals surface area (Å²) in [7, 11) is 1.78. The highest BCUT2D eigenvalue weighted by atomic mass is 32.2. The zero-order valence-corrected chi connectivity index (χ0v) is 18.2. The van der Waals surface area contributed by atoms with Crippen LogP contribution in [0.2, 0.25) is 0 Å². The number of aromatic nitrogens is 1. The number of carbonyl (C=O) groups excluding carboxylic acids is 1. The van der Waals surface area contributed by atoms with Gasteiger partial charge in [-0.1, -0.05) is 43.0 Å². The maximum absolute atomic E-state index is 13.9. The van der Waals surface area contributed by atoms with Crippen LogP contribution in [0.1, 0.15) is 42.5 Å². The summed E-state index contributed by atoms with van der Waals surface area (Å²) in [4.78, 5) is 14.2. The lowest BCUT2D eigenvalue weighted by Crippen LogP contribution is -2.16. The molecule has 6 heteroatoms. The summed E-state index contributed by atoms with van der Waals surface area (Å²) in [5.41, 5.74) is 2.95. The maximum atomic E-state index is 13.9. The Hall–Kier alpha value is -3.04. The molecule has 0 spiro atoms. The first kappa shape index (κ1) is 21.7. The van der Waals surface area contributed by atoms with Gasteiger partial charge in [0.1, 0.15) is 17.6 Å². The molecule has 0 N–H and O–H groups in total.